The SMILES string of the molecule is CC.CCC1(CC)NC(=O)C(Cc2ccc(Cl)cc2)=C1CBr. The van der Waals surface area contributed by atoms with Crippen LogP contribution >= 0.6 is 27.5 Å². The lowest BCUT2D eigenvalue weighted by molar-refractivity contribution is -0.117. The average Bonchev–Trinajstić information content (AvgIpc) is 2.83. The third-order valence-corrected chi connectivity index (χ3v) is 5.02. The third-order valence-electron chi connectivity index (χ3n) is 4.20. The normalized spacial score (nSPS) is 16.2. The lowest BCUT2D eigenvalue weighted by atomic mass is 9.85. The quantitative estimate of drug-likeness (QED) is 0.684. The Labute approximate surface area is 147 Å². The van der Waals surface area contributed by atoms with Crippen molar-refractivity contribution in [3.63, 3.8) is 0 Å². The van der Waals surface area contributed by atoms with E-state index in [9.17, 15) is 4.79 Å². The molecule has 0 bridgehead atoms. The minimum atomic E-state index is -0.178. The number of hydrogen-bond acceptors (Lipinski definition) is 1. The molecule has 0 aliphatic carbocycles. The molecule has 1 aromatic rings. The van der Waals surface area contributed by atoms with E-state index in [4.69, 9.17) is 11.6 Å². The topological polar surface area (TPSA) is 29.1 Å². The summed E-state index contributed by atoms with van der Waals surface area (Å²) in [5.41, 5.74) is 3.03. The molecule has 1 aliphatic rings. The number of nitrogens with one attached hydrogen (secondary N) is 1. The van der Waals surface area contributed by atoms with E-state index in [1.165, 1.54) is 5.57 Å². The van der Waals surface area contributed by atoms with Crippen molar-refractivity contribution in [2.45, 2.75) is 52.5 Å². The molecule has 2 rings (SSSR count). The van der Waals surface area contributed by atoms with E-state index in [1.807, 2.05) is 38.1 Å². The van der Waals surface area contributed by atoms with E-state index in [2.05, 4.69) is 35.1 Å². The van der Waals surface area contributed by atoms with Crippen molar-refractivity contribution in [2.24, 2.45) is 0 Å². The van der Waals surface area contributed by atoms with Crippen LogP contribution in [0.5, 0.6) is 0 Å². The van der Waals surface area contributed by atoms with Gasteiger partial charge in [0.25, 0.3) is 0 Å². The van der Waals surface area contributed by atoms with Crippen LogP contribution in [0.15, 0.2) is 35.4 Å². The molecule has 122 valence electrons. The van der Waals surface area contributed by atoms with Gasteiger partial charge in [-0.25, -0.2) is 0 Å². The summed E-state index contributed by atoms with van der Waals surface area (Å²) in [6, 6.07) is 7.69. The Hall–Kier alpha value is -0.800. The van der Waals surface area contributed by atoms with E-state index in [-0.39, 0.29) is 11.4 Å². The highest BCUT2D eigenvalue weighted by molar-refractivity contribution is 9.09. The number of hydrogen-bond donors (Lipinski definition) is 1. The van der Waals surface area contributed by atoms with Gasteiger partial charge in [0, 0.05) is 22.3 Å². The fourth-order valence-electron chi connectivity index (χ4n) is 2.85. The van der Waals surface area contributed by atoms with Crippen LogP contribution in [0.2, 0.25) is 5.02 Å². The second-order valence-electron chi connectivity index (χ2n) is 5.14. The van der Waals surface area contributed by atoms with Crippen LogP contribution in [0, 0.1) is 0 Å². The molecule has 2 nitrogen and oxygen atoms in total. The molecule has 0 aromatic heterocycles. The summed E-state index contributed by atoms with van der Waals surface area (Å²) < 4.78 is 0. The molecule has 1 amide bonds. The van der Waals surface area contributed by atoms with Crippen LogP contribution in [-0.4, -0.2) is 16.8 Å². The molecule has 0 saturated carbocycles. The molecular formula is C18H25BrClNO. The fourth-order valence-corrected chi connectivity index (χ4v) is 3.85. The average molecular weight is 387 g/mol. The Morgan fingerprint density at radius 2 is 1.68 bits per heavy atom. The molecule has 0 fully saturated rings. The van der Waals surface area contributed by atoms with Gasteiger partial charge in [0.05, 0.1) is 5.54 Å². The van der Waals surface area contributed by atoms with Crippen LogP contribution < -0.4 is 5.32 Å². The third kappa shape index (κ3) is 3.94. The lowest BCUT2D eigenvalue weighted by Crippen LogP contribution is -2.43. The number of benzene rings is 1. The van der Waals surface area contributed by atoms with Gasteiger partial charge in [-0.05, 0) is 36.1 Å². The minimum absolute atomic E-state index is 0.0677. The van der Waals surface area contributed by atoms with Crippen LogP contribution in [0.4, 0.5) is 0 Å². The summed E-state index contributed by atoms with van der Waals surface area (Å²) in [7, 11) is 0. The van der Waals surface area contributed by atoms with Gasteiger partial charge in [0.2, 0.25) is 5.91 Å². The van der Waals surface area contributed by atoms with Crippen LogP contribution in [0.3, 0.4) is 0 Å². The molecule has 0 radical (unpaired) electrons. The van der Waals surface area contributed by atoms with Gasteiger partial charge in [-0.3, -0.25) is 4.79 Å². The van der Waals surface area contributed by atoms with Crippen molar-refractivity contribution in [1.29, 1.82) is 0 Å². The molecular weight excluding hydrogens is 362 g/mol. The summed E-state index contributed by atoms with van der Waals surface area (Å²) >= 11 is 9.46. The number of rotatable bonds is 5. The molecule has 0 atom stereocenters. The molecule has 0 saturated heterocycles. The first kappa shape index (κ1) is 19.2. The molecule has 1 heterocycles. The summed E-state index contributed by atoms with van der Waals surface area (Å²) in [5, 5.41) is 4.63. The Morgan fingerprint density at radius 3 is 2.14 bits per heavy atom. The van der Waals surface area contributed by atoms with Crippen molar-refractivity contribution in [2.75, 3.05) is 5.33 Å². The predicted molar refractivity (Wildman–Crippen MR) is 98.8 cm³/mol. The van der Waals surface area contributed by atoms with E-state index in [0.29, 0.717) is 6.42 Å². The molecule has 4 heteroatoms. The fraction of sp³-hybridized carbons (Fsp3) is 0.500. The van der Waals surface area contributed by atoms with Crippen LogP contribution in [0.25, 0.3) is 0 Å². The summed E-state index contributed by atoms with van der Waals surface area (Å²) in [6.45, 7) is 8.25. The minimum Gasteiger partial charge on any atom is -0.343 e. The van der Waals surface area contributed by atoms with Gasteiger partial charge >= 0.3 is 0 Å². The maximum absolute atomic E-state index is 12.3. The number of carbonyl (C=O) groups excluding carboxylic acids is 1. The number of alkyl halides is 1. The van der Waals surface area contributed by atoms with Crippen molar-refractivity contribution in [1.82, 2.24) is 5.32 Å². The standard InChI is InChI=1S/C16H19BrClNO.C2H6/c1-3-16(4-2)14(10-17)13(15(20)19-16)9-11-5-7-12(18)8-6-11;1-2/h5-8H,3-4,9-10H2,1-2H3,(H,19,20);1-2H3. The van der Waals surface area contributed by atoms with E-state index in [0.717, 1.165) is 34.3 Å². The first-order chi connectivity index (χ1) is 10.6. The van der Waals surface area contributed by atoms with Crippen LogP contribution in [0.1, 0.15) is 46.1 Å². The van der Waals surface area contributed by atoms with Gasteiger partial charge in [-0.1, -0.05) is 67.4 Å². The van der Waals surface area contributed by atoms with Gasteiger partial charge in [-0.2, -0.15) is 0 Å². The maximum Gasteiger partial charge on any atom is 0.248 e. The Morgan fingerprint density at radius 1 is 1.14 bits per heavy atom. The van der Waals surface area contributed by atoms with Gasteiger partial charge in [0.1, 0.15) is 0 Å². The van der Waals surface area contributed by atoms with E-state index < -0.39 is 0 Å². The summed E-state index contributed by atoms with van der Waals surface area (Å²) in [6.07, 6.45) is 2.49. The highest BCUT2D eigenvalue weighted by Crippen LogP contribution is 2.35. The van der Waals surface area contributed by atoms with Crippen molar-refractivity contribution >= 4 is 33.4 Å². The first-order valence-corrected chi connectivity index (χ1v) is 9.41. The zero-order chi connectivity index (χ0) is 16.8. The number of halogens is 2. The van der Waals surface area contributed by atoms with Crippen molar-refractivity contribution in [3.05, 3.63) is 46.0 Å². The molecule has 22 heavy (non-hydrogen) atoms. The summed E-state index contributed by atoms with van der Waals surface area (Å²) in [5.74, 6) is 0.0677. The molecule has 1 N–H and O–H groups in total. The van der Waals surface area contributed by atoms with Crippen LogP contribution in [-0.2, 0) is 11.2 Å². The van der Waals surface area contributed by atoms with Gasteiger partial charge < -0.3 is 5.32 Å². The highest BCUT2D eigenvalue weighted by Gasteiger charge is 2.41. The Balaban J connectivity index is 0.00000116. The second kappa shape index (κ2) is 8.73. The first-order valence-electron chi connectivity index (χ1n) is 7.91. The Bertz CT molecular complexity index is 533. The summed E-state index contributed by atoms with van der Waals surface area (Å²) in [4.78, 5) is 12.3. The monoisotopic (exact) mass is 385 g/mol. The van der Waals surface area contributed by atoms with E-state index in [1.54, 1.807) is 0 Å². The van der Waals surface area contributed by atoms with Crippen molar-refractivity contribution in [3.8, 4) is 0 Å². The highest BCUT2D eigenvalue weighted by atomic mass is 79.9. The van der Waals surface area contributed by atoms with E-state index >= 15 is 0 Å². The second-order valence-corrected chi connectivity index (χ2v) is 6.13. The largest absolute Gasteiger partial charge is 0.343 e. The van der Waals surface area contributed by atoms with Crippen molar-refractivity contribution < 1.29 is 4.79 Å². The zero-order valence-electron chi connectivity index (χ0n) is 13.8. The smallest absolute Gasteiger partial charge is 0.248 e. The van der Waals surface area contributed by atoms with Gasteiger partial charge in [-0.15, -0.1) is 0 Å². The maximum atomic E-state index is 12.3. The number of amides is 1. The molecule has 0 unspecified atom stereocenters. The lowest BCUT2D eigenvalue weighted by Gasteiger charge is -2.29. The molecule has 1 aliphatic heterocycles. The van der Waals surface area contributed by atoms with Gasteiger partial charge in [0.15, 0.2) is 0 Å². The number of carbonyl (C=O) groups is 1. The predicted octanol–water partition coefficient (Wildman–Crippen LogP) is 5.29. The zero-order valence-corrected chi connectivity index (χ0v) is 16.1. The molecule has 1 aromatic carbocycles. The Kier molecular flexibility index (Phi) is 7.64. The molecule has 0 spiro atoms.